The van der Waals surface area contributed by atoms with Crippen LogP contribution in [0.4, 0.5) is 5.69 Å². The molecule has 0 unspecified atom stereocenters. The number of carbonyl (C=O) groups excluding carboxylic acids is 1. The minimum absolute atomic E-state index is 0.0550. The summed E-state index contributed by atoms with van der Waals surface area (Å²) in [5, 5.41) is 0.275. The van der Waals surface area contributed by atoms with Crippen LogP contribution in [-0.2, 0) is 10.0 Å². The van der Waals surface area contributed by atoms with Crippen molar-refractivity contribution >= 4 is 44.3 Å². The monoisotopic (exact) mass is 426 g/mol. The molecule has 7 nitrogen and oxygen atoms in total. The number of aromatic nitrogens is 2. The van der Waals surface area contributed by atoms with E-state index in [2.05, 4.69) is 15.1 Å². The van der Waals surface area contributed by atoms with Crippen LogP contribution in [0.5, 0.6) is 0 Å². The van der Waals surface area contributed by atoms with Gasteiger partial charge in [0.05, 0.1) is 26.6 Å². The number of para-hydroxylation sites is 3. The van der Waals surface area contributed by atoms with Crippen molar-refractivity contribution in [1.82, 2.24) is 9.66 Å². The molecule has 1 amide bonds. The Balaban J connectivity index is 1.59. The molecule has 0 fully saturated rings. The van der Waals surface area contributed by atoms with Gasteiger partial charge in [-0.3, -0.25) is 14.9 Å². The lowest BCUT2D eigenvalue weighted by Gasteiger charge is -2.11. The molecular formula is C20H15ClN4O3S. The number of halogens is 1. The van der Waals surface area contributed by atoms with Crippen molar-refractivity contribution in [2.24, 2.45) is 0 Å². The third-order valence-corrected chi connectivity index (χ3v) is 5.89. The zero-order valence-corrected chi connectivity index (χ0v) is 16.5. The number of nitrogens with zero attached hydrogens (tertiary/aromatic N) is 2. The third-order valence-electron chi connectivity index (χ3n) is 4.20. The Morgan fingerprint density at radius 3 is 2.55 bits per heavy atom. The summed E-state index contributed by atoms with van der Waals surface area (Å²) in [5.74, 6) is -0.469. The Hall–Kier alpha value is -3.36. The lowest BCUT2D eigenvalue weighted by atomic mass is 10.2. The Bertz CT molecular complexity index is 1320. The molecule has 0 bridgehead atoms. The Morgan fingerprint density at radius 1 is 0.966 bits per heavy atom. The van der Waals surface area contributed by atoms with Crippen LogP contribution in [0.3, 0.4) is 0 Å². The third kappa shape index (κ3) is 3.94. The van der Waals surface area contributed by atoms with Gasteiger partial charge in [-0.05, 0) is 42.5 Å². The average Bonchev–Trinajstić information content (AvgIpc) is 3.13. The first-order chi connectivity index (χ1) is 13.9. The number of hydrogen-bond donors (Lipinski definition) is 2. The minimum atomic E-state index is -3.92. The van der Waals surface area contributed by atoms with Gasteiger partial charge >= 0.3 is 0 Å². The normalized spacial score (nSPS) is 11.3. The van der Waals surface area contributed by atoms with Crippen molar-refractivity contribution in [1.29, 1.82) is 0 Å². The van der Waals surface area contributed by atoms with Crippen LogP contribution in [0.1, 0.15) is 10.4 Å². The minimum Gasteiger partial charge on any atom is -0.278 e. The van der Waals surface area contributed by atoms with Crippen molar-refractivity contribution in [2.45, 2.75) is 4.90 Å². The van der Waals surface area contributed by atoms with E-state index in [1.807, 2.05) is 24.3 Å². The molecule has 9 heteroatoms. The summed E-state index contributed by atoms with van der Waals surface area (Å²) in [6.45, 7) is 0. The summed E-state index contributed by atoms with van der Waals surface area (Å²) in [6, 6.07) is 19.6. The fourth-order valence-electron chi connectivity index (χ4n) is 2.77. The van der Waals surface area contributed by atoms with Crippen molar-refractivity contribution < 1.29 is 13.2 Å². The van der Waals surface area contributed by atoms with E-state index >= 15 is 0 Å². The summed E-state index contributed by atoms with van der Waals surface area (Å²) in [7, 11) is -3.92. The Labute approximate surface area is 172 Å². The van der Waals surface area contributed by atoms with Gasteiger partial charge in [0.15, 0.2) is 0 Å². The van der Waals surface area contributed by atoms with Crippen LogP contribution in [0.25, 0.3) is 11.0 Å². The predicted octanol–water partition coefficient (Wildman–Crippen LogP) is 3.87. The topological polar surface area (TPSA) is 93.1 Å². The molecule has 4 rings (SSSR count). The summed E-state index contributed by atoms with van der Waals surface area (Å²) in [5.41, 5.74) is 4.60. The molecule has 0 saturated carbocycles. The molecule has 1 aromatic heterocycles. The maximum atomic E-state index is 12.7. The van der Waals surface area contributed by atoms with E-state index in [0.29, 0.717) is 0 Å². The number of sulfonamides is 1. The van der Waals surface area contributed by atoms with E-state index in [1.165, 1.54) is 35.3 Å². The lowest BCUT2D eigenvalue weighted by Crippen LogP contribution is -2.22. The van der Waals surface area contributed by atoms with Gasteiger partial charge in [-0.25, -0.2) is 18.1 Å². The highest BCUT2D eigenvalue weighted by molar-refractivity contribution is 7.92. The highest BCUT2D eigenvalue weighted by atomic mass is 35.5. The highest BCUT2D eigenvalue weighted by Gasteiger charge is 2.18. The molecule has 3 aromatic carbocycles. The molecule has 0 saturated heterocycles. The fourth-order valence-corrected chi connectivity index (χ4v) is 4.14. The second kappa shape index (κ2) is 7.57. The highest BCUT2D eigenvalue weighted by Crippen LogP contribution is 2.24. The first-order valence-electron chi connectivity index (χ1n) is 8.55. The lowest BCUT2D eigenvalue weighted by molar-refractivity contribution is 0.101. The number of nitrogens with one attached hydrogen (secondary N) is 2. The number of imidazole rings is 1. The van der Waals surface area contributed by atoms with E-state index in [4.69, 9.17) is 11.6 Å². The summed E-state index contributed by atoms with van der Waals surface area (Å²) >= 11 is 6.03. The van der Waals surface area contributed by atoms with Gasteiger partial charge in [0.25, 0.3) is 15.9 Å². The maximum Gasteiger partial charge on any atom is 0.270 e. The van der Waals surface area contributed by atoms with E-state index < -0.39 is 15.9 Å². The molecule has 0 spiro atoms. The van der Waals surface area contributed by atoms with Crippen molar-refractivity contribution in [3.8, 4) is 0 Å². The standard InChI is InChI=1S/C20H15ClN4O3S/c21-16-8-1-2-9-17(16)24-29(27,28)15-7-5-6-14(12-15)20(26)23-25-13-22-18-10-3-4-11-19(18)25/h1-13,24H,(H,23,26). The van der Waals surface area contributed by atoms with Gasteiger partial charge in [0, 0.05) is 5.56 Å². The molecule has 0 aliphatic carbocycles. The molecule has 1 heterocycles. The molecule has 2 N–H and O–H groups in total. The zero-order chi connectivity index (χ0) is 20.4. The van der Waals surface area contributed by atoms with Gasteiger partial charge < -0.3 is 0 Å². The first kappa shape index (κ1) is 19.0. The van der Waals surface area contributed by atoms with Crippen molar-refractivity contribution in [2.75, 3.05) is 10.1 Å². The van der Waals surface area contributed by atoms with Crippen LogP contribution in [0, 0.1) is 0 Å². The van der Waals surface area contributed by atoms with E-state index in [9.17, 15) is 13.2 Å². The van der Waals surface area contributed by atoms with Crippen LogP contribution in [0.2, 0.25) is 5.02 Å². The smallest absolute Gasteiger partial charge is 0.270 e. The summed E-state index contributed by atoms with van der Waals surface area (Å²) in [6.07, 6.45) is 1.49. The molecule has 4 aromatic rings. The van der Waals surface area contributed by atoms with E-state index in [1.54, 1.807) is 24.3 Å². The molecule has 0 radical (unpaired) electrons. The molecule has 146 valence electrons. The first-order valence-corrected chi connectivity index (χ1v) is 10.4. The average molecular weight is 427 g/mol. The molecule has 0 aliphatic rings. The Morgan fingerprint density at radius 2 is 1.72 bits per heavy atom. The van der Waals surface area contributed by atoms with Crippen molar-refractivity contribution in [3.05, 3.63) is 89.7 Å². The SMILES string of the molecule is O=C(Nn1cnc2ccccc21)c1cccc(S(=O)(=O)Nc2ccccc2Cl)c1. The van der Waals surface area contributed by atoms with Crippen LogP contribution < -0.4 is 10.1 Å². The molecule has 0 aliphatic heterocycles. The second-order valence-electron chi connectivity index (χ2n) is 6.16. The Kier molecular flexibility index (Phi) is 4.96. The molecule has 29 heavy (non-hydrogen) atoms. The second-order valence-corrected chi connectivity index (χ2v) is 8.25. The fraction of sp³-hybridized carbons (Fsp3) is 0. The summed E-state index contributed by atoms with van der Waals surface area (Å²) < 4.78 is 29.3. The van der Waals surface area contributed by atoms with Gasteiger partial charge in [-0.1, -0.05) is 41.9 Å². The molecular weight excluding hydrogens is 412 g/mol. The van der Waals surface area contributed by atoms with Gasteiger partial charge in [0.2, 0.25) is 0 Å². The largest absolute Gasteiger partial charge is 0.278 e. The van der Waals surface area contributed by atoms with Crippen LogP contribution >= 0.6 is 11.6 Å². The summed E-state index contributed by atoms with van der Waals surface area (Å²) in [4.78, 5) is 16.8. The number of anilines is 1. The van der Waals surface area contributed by atoms with Gasteiger partial charge in [0.1, 0.15) is 6.33 Å². The van der Waals surface area contributed by atoms with E-state index in [-0.39, 0.29) is 21.2 Å². The van der Waals surface area contributed by atoms with Gasteiger partial charge in [-0.2, -0.15) is 0 Å². The van der Waals surface area contributed by atoms with E-state index in [0.717, 1.165) is 11.0 Å². The van der Waals surface area contributed by atoms with Gasteiger partial charge in [-0.15, -0.1) is 0 Å². The quantitative estimate of drug-likeness (QED) is 0.506. The number of rotatable bonds is 5. The molecule has 0 atom stereocenters. The van der Waals surface area contributed by atoms with Crippen molar-refractivity contribution in [3.63, 3.8) is 0 Å². The van der Waals surface area contributed by atoms with Crippen LogP contribution in [0.15, 0.2) is 84.0 Å². The number of amides is 1. The number of benzene rings is 3. The number of carbonyl (C=O) groups is 1. The predicted molar refractivity (Wildman–Crippen MR) is 112 cm³/mol. The number of hydrogen-bond acceptors (Lipinski definition) is 4. The maximum absolute atomic E-state index is 12.7. The zero-order valence-electron chi connectivity index (χ0n) is 14.9. The van der Waals surface area contributed by atoms with Crippen LogP contribution in [-0.4, -0.2) is 24.0 Å². The number of fused-ring (bicyclic) bond motifs is 1.